The second-order valence-corrected chi connectivity index (χ2v) is 19.5. The number of aromatic nitrogens is 1. The Hall–Kier alpha value is -7.16. The molecule has 0 atom stereocenters. The Bertz CT molecular complexity index is 3330. The number of anilines is 1. The number of nitrogens with zero attached hydrogens (tertiary/aromatic N) is 2. The lowest BCUT2D eigenvalue weighted by Gasteiger charge is -2.28. The van der Waals surface area contributed by atoms with Gasteiger partial charge in [-0.3, -0.25) is 0 Å². The summed E-state index contributed by atoms with van der Waals surface area (Å²) in [5.41, 5.74) is 23.0. The fourth-order valence-corrected chi connectivity index (χ4v) is 11.9. The smallest absolute Gasteiger partial charge is 0.0537 e. The largest absolute Gasteiger partial charge is 0.311 e. The highest BCUT2D eigenvalue weighted by Crippen LogP contribution is 2.52. The molecule has 0 aliphatic heterocycles. The van der Waals surface area contributed by atoms with E-state index in [1.54, 1.807) is 5.57 Å². The summed E-state index contributed by atoms with van der Waals surface area (Å²) in [5.74, 6) is 0. The summed E-state index contributed by atoms with van der Waals surface area (Å²) in [4.78, 5) is 2.45. The third-order valence-electron chi connectivity index (χ3n) is 15.2. The summed E-state index contributed by atoms with van der Waals surface area (Å²) < 4.78 is 2.59. The minimum Gasteiger partial charge on any atom is -0.311 e. The molecule has 0 fully saturated rings. The van der Waals surface area contributed by atoms with Crippen LogP contribution in [0.5, 0.6) is 0 Å². The highest BCUT2D eigenvalue weighted by molar-refractivity contribution is 5.95. The minimum absolute atomic E-state index is 0.0762. The van der Waals surface area contributed by atoms with Gasteiger partial charge in [0.25, 0.3) is 0 Å². The SMILES string of the molecule is C\C=C(/C=C(CC)/C1=C/C=C\c2c(c3ccccc3n2-c2cccc3c2C(C)(C)C2=C3CCCC=C2)CC1)N(C1=CCC=C(C2=CC=C(c3cccc4ccccc34)CC2)C=C1)c1ccccc1. The van der Waals surface area contributed by atoms with E-state index in [0.717, 1.165) is 57.1 Å². The average Bonchev–Trinajstić information content (AvgIpc) is 3.54. The van der Waals surface area contributed by atoms with Crippen LogP contribution in [0.15, 0.2) is 227 Å². The maximum Gasteiger partial charge on any atom is 0.0537 e. The molecule has 2 heteroatoms. The summed E-state index contributed by atoms with van der Waals surface area (Å²) in [6.45, 7) is 9.38. The summed E-state index contributed by atoms with van der Waals surface area (Å²) >= 11 is 0. The Morgan fingerprint density at radius 3 is 2.29 bits per heavy atom. The molecule has 5 aliphatic rings. The first-order chi connectivity index (χ1) is 33.4. The molecule has 336 valence electrons. The van der Waals surface area contributed by atoms with Crippen LogP contribution in [0, 0.1) is 0 Å². The molecule has 0 amide bonds. The van der Waals surface area contributed by atoms with Crippen LogP contribution in [-0.4, -0.2) is 4.57 Å². The van der Waals surface area contributed by atoms with Gasteiger partial charge in [-0.25, -0.2) is 0 Å². The van der Waals surface area contributed by atoms with E-state index in [0.29, 0.717) is 0 Å². The monoisotopic (exact) mass is 882 g/mol. The molecule has 1 aromatic heterocycles. The molecular weight excluding hydrogens is 821 g/mol. The van der Waals surface area contributed by atoms with Crippen molar-refractivity contribution in [1.82, 2.24) is 4.57 Å². The van der Waals surface area contributed by atoms with Crippen LogP contribution in [0.1, 0.15) is 107 Å². The second-order valence-electron chi connectivity index (χ2n) is 19.5. The first-order valence-corrected chi connectivity index (χ1v) is 25.2. The van der Waals surface area contributed by atoms with Crippen molar-refractivity contribution >= 4 is 44.6 Å². The standard InChI is InChI=1S/C66H62N2/c1-5-46(47-23-19-35-63-59(44-42-47)58-30-15-16-34-62(58)68(63)64-36-20-32-60-57-29-11-8-12-33-61(57)66(3,4)65(60)64)45-52(6-2)67(53-25-9-7-10-26-53)54-27-17-22-48(41-43-54)49-37-39-51(40-38-49)56-31-18-24-50-21-13-14-28-55(50)56/h6-7,9-10,12-16,18-28,30-37,39,41,43,45H,5,8,11,17,29,38,40,42,44H2,1-4H3/b35-19-,46-45+,47-23+,52-6+. The van der Waals surface area contributed by atoms with E-state index in [2.05, 4.69) is 231 Å². The molecule has 1 heterocycles. The lowest BCUT2D eigenvalue weighted by Crippen LogP contribution is -2.20. The van der Waals surface area contributed by atoms with Crippen LogP contribution in [0.4, 0.5) is 5.69 Å². The predicted molar refractivity (Wildman–Crippen MR) is 292 cm³/mol. The molecule has 2 nitrogen and oxygen atoms in total. The number of para-hydroxylation sites is 2. The molecule has 0 N–H and O–H groups in total. The van der Waals surface area contributed by atoms with E-state index in [9.17, 15) is 0 Å². The van der Waals surface area contributed by atoms with E-state index >= 15 is 0 Å². The fraction of sp³-hybridized carbons (Fsp3) is 0.212. The number of aryl methyl sites for hydroxylation is 1. The molecule has 0 saturated heterocycles. The topological polar surface area (TPSA) is 8.17 Å². The first kappa shape index (κ1) is 43.4. The van der Waals surface area contributed by atoms with Gasteiger partial charge in [0.1, 0.15) is 0 Å². The van der Waals surface area contributed by atoms with E-state index in [1.165, 1.54) is 107 Å². The summed E-state index contributed by atoms with van der Waals surface area (Å²) in [6.07, 6.45) is 40.2. The summed E-state index contributed by atoms with van der Waals surface area (Å²) in [7, 11) is 0. The van der Waals surface area contributed by atoms with Crippen molar-refractivity contribution < 1.29 is 0 Å². The van der Waals surface area contributed by atoms with Gasteiger partial charge in [-0.15, -0.1) is 0 Å². The zero-order chi connectivity index (χ0) is 46.2. The van der Waals surface area contributed by atoms with Gasteiger partial charge in [0, 0.05) is 27.9 Å². The van der Waals surface area contributed by atoms with Crippen LogP contribution in [0.2, 0.25) is 0 Å². The molecular formula is C66H62N2. The van der Waals surface area contributed by atoms with Crippen LogP contribution in [0.25, 0.3) is 44.6 Å². The highest BCUT2D eigenvalue weighted by atomic mass is 15.2. The van der Waals surface area contributed by atoms with Crippen molar-refractivity contribution in [3.63, 3.8) is 0 Å². The fourth-order valence-electron chi connectivity index (χ4n) is 11.9. The zero-order valence-electron chi connectivity index (χ0n) is 40.2. The molecule has 0 saturated carbocycles. The van der Waals surface area contributed by atoms with Crippen molar-refractivity contribution in [3.05, 3.63) is 255 Å². The first-order valence-electron chi connectivity index (χ1n) is 25.2. The van der Waals surface area contributed by atoms with Gasteiger partial charge in [-0.2, -0.15) is 0 Å². The van der Waals surface area contributed by atoms with Crippen molar-refractivity contribution in [2.45, 2.75) is 90.9 Å². The molecule has 11 rings (SSSR count). The molecule has 6 aromatic rings. The number of allylic oxidation sites excluding steroid dienone is 19. The maximum atomic E-state index is 2.59. The summed E-state index contributed by atoms with van der Waals surface area (Å²) in [5, 5.41) is 3.99. The molecule has 5 aliphatic carbocycles. The van der Waals surface area contributed by atoms with Crippen molar-refractivity contribution in [2.24, 2.45) is 0 Å². The van der Waals surface area contributed by atoms with Crippen LogP contribution < -0.4 is 4.90 Å². The maximum absolute atomic E-state index is 2.59. The normalized spacial score (nSPS) is 19.3. The van der Waals surface area contributed by atoms with Gasteiger partial charge in [0.05, 0.1) is 16.9 Å². The van der Waals surface area contributed by atoms with Gasteiger partial charge < -0.3 is 9.47 Å². The lowest BCUT2D eigenvalue weighted by molar-refractivity contribution is 0.649. The third kappa shape index (κ3) is 7.80. The van der Waals surface area contributed by atoms with Crippen molar-refractivity contribution in [3.8, 4) is 5.69 Å². The van der Waals surface area contributed by atoms with Gasteiger partial charge in [0.15, 0.2) is 0 Å². The van der Waals surface area contributed by atoms with Crippen molar-refractivity contribution in [2.75, 3.05) is 4.90 Å². The number of hydrogen-bond acceptors (Lipinski definition) is 1. The van der Waals surface area contributed by atoms with E-state index < -0.39 is 0 Å². The quantitative estimate of drug-likeness (QED) is 0.131. The molecule has 0 bridgehead atoms. The third-order valence-corrected chi connectivity index (χ3v) is 15.2. The van der Waals surface area contributed by atoms with Gasteiger partial charge in [-0.05, 0) is 179 Å². The number of fused-ring (bicyclic) bond motifs is 6. The molecule has 0 unspecified atom stereocenters. The van der Waals surface area contributed by atoms with Crippen LogP contribution in [0.3, 0.4) is 0 Å². The Kier molecular flexibility index (Phi) is 11.8. The molecule has 68 heavy (non-hydrogen) atoms. The molecule has 5 aromatic carbocycles. The van der Waals surface area contributed by atoms with Gasteiger partial charge in [-0.1, -0.05) is 173 Å². The Labute approximate surface area is 404 Å². The Morgan fingerprint density at radius 1 is 0.691 bits per heavy atom. The Morgan fingerprint density at radius 2 is 1.46 bits per heavy atom. The highest BCUT2D eigenvalue weighted by Gasteiger charge is 2.39. The number of benzene rings is 5. The lowest BCUT2D eigenvalue weighted by atomic mass is 9.80. The molecule has 0 radical (unpaired) electrons. The summed E-state index contributed by atoms with van der Waals surface area (Å²) in [6, 6.07) is 42.5. The van der Waals surface area contributed by atoms with Gasteiger partial charge >= 0.3 is 0 Å². The van der Waals surface area contributed by atoms with Crippen LogP contribution >= 0.6 is 0 Å². The Balaban J connectivity index is 0.901. The average molecular weight is 883 g/mol. The zero-order valence-corrected chi connectivity index (χ0v) is 40.2. The minimum atomic E-state index is -0.0762. The van der Waals surface area contributed by atoms with E-state index in [4.69, 9.17) is 0 Å². The number of hydrogen-bond donors (Lipinski definition) is 0. The van der Waals surface area contributed by atoms with Crippen molar-refractivity contribution in [1.29, 1.82) is 0 Å². The molecule has 0 spiro atoms. The predicted octanol–water partition coefficient (Wildman–Crippen LogP) is 17.8. The number of rotatable bonds is 9. The van der Waals surface area contributed by atoms with Crippen LogP contribution in [-0.2, 0) is 11.8 Å². The van der Waals surface area contributed by atoms with E-state index in [-0.39, 0.29) is 5.41 Å². The van der Waals surface area contributed by atoms with Gasteiger partial charge in [0.2, 0.25) is 0 Å². The second kappa shape index (κ2) is 18.5. The van der Waals surface area contributed by atoms with E-state index in [1.807, 2.05) is 0 Å².